The maximum absolute atomic E-state index is 13.3. The van der Waals surface area contributed by atoms with Gasteiger partial charge in [-0.15, -0.1) is 0 Å². The van der Waals surface area contributed by atoms with Crippen molar-refractivity contribution in [1.29, 1.82) is 0 Å². The van der Waals surface area contributed by atoms with E-state index in [-0.39, 0.29) is 30.9 Å². The van der Waals surface area contributed by atoms with Gasteiger partial charge in [-0.3, -0.25) is 9.59 Å². The molecule has 0 N–H and O–H groups in total. The third kappa shape index (κ3) is 4.04. The summed E-state index contributed by atoms with van der Waals surface area (Å²) in [5.74, 6) is -1.10. The van der Waals surface area contributed by atoms with Crippen LogP contribution in [0.4, 0.5) is 5.69 Å². The molecule has 2 aliphatic heterocycles. The van der Waals surface area contributed by atoms with Crippen molar-refractivity contribution in [2.45, 2.75) is 38.7 Å². The Labute approximate surface area is 170 Å². The first-order chi connectivity index (χ1) is 13.8. The topological polar surface area (TPSA) is 65.1 Å². The molecule has 2 aromatic carbocycles. The molecule has 0 bridgehead atoms. The summed E-state index contributed by atoms with van der Waals surface area (Å²) in [5.41, 5.74) is 3.72. The van der Waals surface area contributed by atoms with Crippen molar-refractivity contribution in [3.8, 4) is 0 Å². The van der Waals surface area contributed by atoms with E-state index in [1.54, 1.807) is 0 Å². The number of anilines is 1. The smallest absolute Gasteiger partial charge is 0.310 e. The van der Waals surface area contributed by atoms with Crippen LogP contribution in [-0.2, 0) is 32.0 Å². The molecule has 6 nitrogen and oxygen atoms in total. The molecule has 0 radical (unpaired) electrons. The van der Waals surface area contributed by atoms with Gasteiger partial charge in [-0.25, -0.2) is 0 Å². The summed E-state index contributed by atoms with van der Waals surface area (Å²) in [6, 6.07) is 13.2. The average Bonchev–Trinajstić information content (AvgIpc) is 2.99. The zero-order valence-electron chi connectivity index (χ0n) is 16.9. The Morgan fingerprint density at radius 1 is 1.21 bits per heavy atom. The second-order valence-electron chi connectivity index (χ2n) is 7.96. The van der Waals surface area contributed by atoms with Crippen LogP contribution in [0.25, 0.3) is 0 Å². The summed E-state index contributed by atoms with van der Waals surface area (Å²) in [6.45, 7) is 4.81. The minimum absolute atomic E-state index is 0.0297. The van der Waals surface area contributed by atoms with Crippen molar-refractivity contribution in [2.75, 3.05) is 25.2 Å². The molecule has 0 aromatic heterocycles. The highest BCUT2D eigenvalue weighted by atomic mass is 16.7. The molecule has 2 aliphatic rings. The van der Waals surface area contributed by atoms with Gasteiger partial charge in [0.25, 0.3) is 0 Å². The van der Waals surface area contributed by atoms with Crippen molar-refractivity contribution < 1.29 is 23.8 Å². The van der Waals surface area contributed by atoms with Gasteiger partial charge in [-0.05, 0) is 31.0 Å². The lowest BCUT2D eigenvalue weighted by atomic mass is 9.94. The molecule has 0 amide bonds. The van der Waals surface area contributed by atoms with Gasteiger partial charge in [0.15, 0.2) is 11.6 Å². The van der Waals surface area contributed by atoms with E-state index in [4.69, 9.17) is 14.2 Å². The number of ether oxygens (including phenoxy) is 3. The SMILES string of the molecule is CN1Cc2ccccc2C(=O)c2c(CC(=O)OCC3COC(C)(C)O3)cccc21. The fraction of sp³-hybridized carbons (Fsp3) is 0.391. The summed E-state index contributed by atoms with van der Waals surface area (Å²) in [4.78, 5) is 27.8. The van der Waals surface area contributed by atoms with E-state index < -0.39 is 5.79 Å². The van der Waals surface area contributed by atoms with Gasteiger partial charge in [0.05, 0.1) is 13.0 Å². The van der Waals surface area contributed by atoms with E-state index in [1.165, 1.54) is 0 Å². The lowest BCUT2D eigenvalue weighted by Crippen LogP contribution is -2.25. The molecule has 4 rings (SSSR count). The fourth-order valence-electron chi connectivity index (χ4n) is 3.91. The maximum Gasteiger partial charge on any atom is 0.310 e. The highest BCUT2D eigenvalue weighted by Gasteiger charge is 2.33. The number of esters is 1. The van der Waals surface area contributed by atoms with Gasteiger partial charge in [0, 0.05) is 30.4 Å². The zero-order valence-corrected chi connectivity index (χ0v) is 16.9. The molecule has 0 spiro atoms. The van der Waals surface area contributed by atoms with Crippen LogP contribution in [0.3, 0.4) is 0 Å². The van der Waals surface area contributed by atoms with Gasteiger partial charge >= 0.3 is 5.97 Å². The number of ketones is 1. The first-order valence-corrected chi connectivity index (χ1v) is 9.77. The van der Waals surface area contributed by atoms with Gasteiger partial charge in [-0.1, -0.05) is 36.4 Å². The molecule has 1 saturated heterocycles. The number of carbonyl (C=O) groups excluding carboxylic acids is 2. The lowest BCUT2D eigenvalue weighted by molar-refractivity contribution is -0.157. The number of rotatable bonds is 4. The number of hydrogen-bond donors (Lipinski definition) is 0. The summed E-state index contributed by atoms with van der Waals surface area (Å²) in [6.07, 6.45) is -0.247. The Morgan fingerprint density at radius 2 is 2.00 bits per heavy atom. The van der Waals surface area contributed by atoms with E-state index in [1.807, 2.05) is 68.3 Å². The Kier molecular flexibility index (Phi) is 5.15. The summed E-state index contributed by atoms with van der Waals surface area (Å²) < 4.78 is 16.6. The zero-order chi connectivity index (χ0) is 20.6. The minimum atomic E-state index is -0.655. The van der Waals surface area contributed by atoms with Crippen LogP contribution in [0.2, 0.25) is 0 Å². The van der Waals surface area contributed by atoms with Crippen LogP contribution in [-0.4, -0.2) is 43.9 Å². The van der Waals surface area contributed by atoms with Crippen LogP contribution >= 0.6 is 0 Å². The molecular weight excluding hydrogens is 370 g/mol. The van der Waals surface area contributed by atoms with E-state index >= 15 is 0 Å². The van der Waals surface area contributed by atoms with Crippen molar-refractivity contribution in [1.82, 2.24) is 0 Å². The van der Waals surface area contributed by atoms with Gasteiger partial charge in [-0.2, -0.15) is 0 Å². The number of fused-ring (bicyclic) bond motifs is 2. The van der Waals surface area contributed by atoms with E-state index in [9.17, 15) is 9.59 Å². The van der Waals surface area contributed by atoms with Crippen LogP contribution < -0.4 is 4.90 Å². The molecule has 1 unspecified atom stereocenters. The van der Waals surface area contributed by atoms with E-state index in [0.717, 1.165) is 11.3 Å². The summed E-state index contributed by atoms with van der Waals surface area (Å²) >= 11 is 0. The Bertz CT molecular complexity index is 952. The number of carbonyl (C=O) groups is 2. The van der Waals surface area contributed by atoms with E-state index in [0.29, 0.717) is 29.8 Å². The third-order valence-electron chi connectivity index (χ3n) is 5.27. The number of hydrogen-bond acceptors (Lipinski definition) is 6. The molecule has 1 fully saturated rings. The third-order valence-corrected chi connectivity index (χ3v) is 5.27. The molecule has 6 heteroatoms. The van der Waals surface area contributed by atoms with Gasteiger partial charge < -0.3 is 19.1 Å². The monoisotopic (exact) mass is 395 g/mol. The Balaban J connectivity index is 1.54. The summed E-state index contributed by atoms with van der Waals surface area (Å²) in [5, 5.41) is 0. The Hall–Kier alpha value is -2.70. The molecule has 0 aliphatic carbocycles. The van der Waals surface area contributed by atoms with Crippen molar-refractivity contribution in [3.05, 3.63) is 64.7 Å². The first-order valence-electron chi connectivity index (χ1n) is 9.77. The second kappa shape index (κ2) is 7.61. The van der Waals surface area contributed by atoms with Crippen LogP contribution in [0, 0.1) is 0 Å². The molecule has 2 heterocycles. The highest BCUT2D eigenvalue weighted by molar-refractivity contribution is 6.15. The largest absolute Gasteiger partial charge is 0.463 e. The standard InChI is InChI=1S/C23H25NO5/c1-23(2)28-14-17(29-23)13-27-20(25)11-15-8-6-10-19-21(15)22(26)18-9-5-4-7-16(18)12-24(19)3/h4-10,17H,11-14H2,1-3H3. The highest BCUT2D eigenvalue weighted by Crippen LogP contribution is 2.32. The molecule has 29 heavy (non-hydrogen) atoms. The second-order valence-corrected chi connectivity index (χ2v) is 7.96. The van der Waals surface area contributed by atoms with Crippen LogP contribution in [0.5, 0.6) is 0 Å². The number of benzene rings is 2. The van der Waals surface area contributed by atoms with Crippen molar-refractivity contribution in [3.63, 3.8) is 0 Å². The normalized spacial score (nSPS) is 20.0. The minimum Gasteiger partial charge on any atom is -0.463 e. The predicted octanol–water partition coefficient (Wildman–Crippen LogP) is 3.10. The molecule has 2 aromatic rings. The lowest BCUT2D eigenvalue weighted by Gasteiger charge is -2.20. The van der Waals surface area contributed by atoms with Crippen molar-refractivity contribution >= 4 is 17.4 Å². The number of nitrogens with zero attached hydrogens (tertiary/aromatic N) is 1. The first kappa shape index (κ1) is 19.6. The Morgan fingerprint density at radius 3 is 2.76 bits per heavy atom. The fourth-order valence-corrected chi connectivity index (χ4v) is 3.91. The van der Waals surface area contributed by atoms with E-state index in [2.05, 4.69) is 0 Å². The molecule has 152 valence electrons. The maximum atomic E-state index is 13.3. The molecular formula is C23H25NO5. The van der Waals surface area contributed by atoms with Gasteiger partial charge in [0.1, 0.15) is 12.7 Å². The predicted molar refractivity (Wildman–Crippen MR) is 108 cm³/mol. The summed E-state index contributed by atoms with van der Waals surface area (Å²) in [7, 11) is 1.95. The van der Waals surface area contributed by atoms with Gasteiger partial charge in [0.2, 0.25) is 0 Å². The quantitative estimate of drug-likeness (QED) is 0.742. The van der Waals surface area contributed by atoms with Crippen LogP contribution in [0.1, 0.15) is 40.9 Å². The van der Waals surface area contributed by atoms with Crippen LogP contribution in [0.15, 0.2) is 42.5 Å². The average molecular weight is 395 g/mol. The molecule has 0 saturated carbocycles. The molecule has 1 atom stereocenters. The van der Waals surface area contributed by atoms with Crippen molar-refractivity contribution in [2.24, 2.45) is 0 Å².